The molecule has 3 N–H and O–H groups in total. The number of carboxylic acids is 3. The van der Waals surface area contributed by atoms with Crippen molar-refractivity contribution in [3.05, 3.63) is 36.6 Å². The van der Waals surface area contributed by atoms with Crippen LogP contribution in [0.25, 0.3) is 0 Å². The second-order valence-electron chi connectivity index (χ2n) is 9.61. The van der Waals surface area contributed by atoms with E-state index in [9.17, 15) is 33.6 Å². The monoisotopic (exact) mass is 626 g/mol. The van der Waals surface area contributed by atoms with Crippen molar-refractivity contribution in [1.82, 2.24) is 0 Å². The Labute approximate surface area is 255 Å². The number of hydrogen-bond donors (Lipinski definition) is 3. The van der Waals surface area contributed by atoms with E-state index >= 15 is 0 Å². The van der Waals surface area contributed by atoms with Gasteiger partial charge in [-0.1, -0.05) is 44.9 Å². The number of aliphatic carboxylic acids is 3. The predicted molar refractivity (Wildman–Crippen MR) is 153 cm³/mol. The summed E-state index contributed by atoms with van der Waals surface area (Å²) in [4.78, 5) is 78.2. The van der Waals surface area contributed by atoms with E-state index in [0.29, 0.717) is 63.5 Å². The molecule has 0 bridgehead atoms. The van der Waals surface area contributed by atoms with Gasteiger partial charge in [0.25, 0.3) is 6.47 Å². The van der Waals surface area contributed by atoms with Gasteiger partial charge in [0.05, 0.1) is 12.7 Å². The van der Waals surface area contributed by atoms with Crippen LogP contribution in [0.15, 0.2) is 36.6 Å². The summed E-state index contributed by atoms with van der Waals surface area (Å²) in [6.45, 7) is 0.280. The molecule has 44 heavy (non-hydrogen) atoms. The highest BCUT2D eigenvalue weighted by molar-refractivity contribution is 5.91. The first-order valence-corrected chi connectivity index (χ1v) is 14.4. The quantitative estimate of drug-likeness (QED) is 0.0295. The van der Waals surface area contributed by atoms with E-state index in [4.69, 9.17) is 29.5 Å². The zero-order valence-electron chi connectivity index (χ0n) is 24.6. The third-order valence-electron chi connectivity index (χ3n) is 6.02. The fraction of sp³-hybridized carbons (Fsp3) is 0.567. The molecule has 14 heteroatoms. The van der Waals surface area contributed by atoms with Crippen LogP contribution in [0.3, 0.4) is 0 Å². The third-order valence-corrected chi connectivity index (χ3v) is 6.02. The molecule has 0 heterocycles. The molecule has 0 aliphatic rings. The van der Waals surface area contributed by atoms with Crippen molar-refractivity contribution in [3.8, 4) is 0 Å². The first-order valence-electron chi connectivity index (χ1n) is 14.4. The Kier molecular flexibility index (Phi) is 23.5. The van der Waals surface area contributed by atoms with Crippen LogP contribution in [0.4, 0.5) is 0 Å². The van der Waals surface area contributed by atoms with Crippen LogP contribution >= 0.6 is 0 Å². The van der Waals surface area contributed by atoms with Crippen molar-refractivity contribution in [2.45, 2.75) is 102 Å². The number of rotatable bonds is 27. The molecular weight excluding hydrogens is 584 g/mol. The third kappa shape index (κ3) is 25.2. The highest BCUT2D eigenvalue weighted by Gasteiger charge is 2.27. The first kappa shape index (κ1) is 39.5. The lowest BCUT2D eigenvalue weighted by molar-refractivity contribution is -0.163. The minimum atomic E-state index is -1.34. The molecule has 2 atom stereocenters. The molecule has 0 fully saturated rings. The summed E-state index contributed by atoms with van der Waals surface area (Å²) in [6.07, 6.45) is 11.2. The van der Waals surface area contributed by atoms with Crippen LogP contribution in [0.5, 0.6) is 0 Å². The van der Waals surface area contributed by atoms with Gasteiger partial charge < -0.3 is 34.3 Å². The van der Waals surface area contributed by atoms with Gasteiger partial charge in [-0.2, -0.15) is 0 Å². The molecule has 0 aliphatic heterocycles. The maximum Gasteiger partial charge on any atom is 0.334 e. The standard InChI is InChI=1S/C30H42O14/c31-22-41-21-19-30(40)44-24(13-8-4-1-2-7-11-20-42-28(38)17-15-26(34)35)23(43-29(39)18-16-27(36)37)12-9-5-3-6-10-14-25(32)33/h15-19,21-24H,1-14,20H2,(H,32,33)(H,34,35)(H,36,37)/b17-15-,18-16-,21-19-. The summed E-state index contributed by atoms with van der Waals surface area (Å²) in [5.41, 5.74) is 0. The minimum absolute atomic E-state index is 0.0785. The average molecular weight is 627 g/mol. The zero-order chi connectivity index (χ0) is 33.0. The Morgan fingerprint density at radius 3 is 1.50 bits per heavy atom. The summed E-state index contributed by atoms with van der Waals surface area (Å²) in [7, 11) is 0. The molecule has 0 amide bonds. The Morgan fingerprint density at radius 2 is 1.00 bits per heavy atom. The van der Waals surface area contributed by atoms with Crippen molar-refractivity contribution in [2.75, 3.05) is 6.61 Å². The molecule has 0 rings (SSSR count). The van der Waals surface area contributed by atoms with Crippen LogP contribution in [-0.4, -0.2) is 76.4 Å². The Bertz CT molecular complexity index is 998. The van der Waals surface area contributed by atoms with E-state index in [2.05, 4.69) is 4.74 Å². The number of carbonyl (C=O) groups excluding carboxylic acids is 4. The second-order valence-corrected chi connectivity index (χ2v) is 9.61. The lowest BCUT2D eigenvalue weighted by atomic mass is 9.99. The lowest BCUT2D eigenvalue weighted by Gasteiger charge is -2.26. The Balaban J connectivity index is 5.06. The topological polar surface area (TPSA) is 217 Å². The maximum atomic E-state index is 12.3. The summed E-state index contributed by atoms with van der Waals surface area (Å²) in [6, 6.07) is 0. The molecule has 0 radical (unpaired) electrons. The smallest absolute Gasteiger partial charge is 0.334 e. The number of ether oxygens (including phenoxy) is 4. The molecule has 0 spiro atoms. The first-order chi connectivity index (χ1) is 21.0. The van der Waals surface area contributed by atoms with Gasteiger partial charge in [-0.15, -0.1) is 0 Å². The van der Waals surface area contributed by atoms with Gasteiger partial charge in [0.15, 0.2) is 0 Å². The molecular formula is C30H42O14. The highest BCUT2D eigenvalue weighted by atomic mass is 16.6. The van der Waals surface area contributed by atoms with Gasteiger partial charge >= 0.3 is 35.8 Å². The van der Waals surface area contributed by atoms with Gasteiger partial charge in [-0.05, 0) is 38.5 Å². The van der Waals surface area contributed by atoms with Gasteiger partial charge in [-0.3, -0.25) is 9.59 Å². The fourth-order valence-electron chi connectivity index (χ4n) is 3.95. The Hall–Kier alpha value is -4.49. The SMILES string of the molecule is O=CO/C=C\C(=O)OC(CCCCCCCCOC(=O)/C=C\C(=O)O)C(CCCCCCCC(=O)O)OC(=O)/C=C\C(=O)O. The van der Waals surface area contributed by atoms with E-state index in [1.165, 1.54) is 0 Å². The number of esters is 3. The average Bonchev–Trinajstić information content (AvgIpc) is 2.96. The van der Waals surface area contributed by atoms with Crippen molar-refractivity contribution >= 4 is 42.3 Å². The van der Waals surface area contributed by atoms with Crippen molar-refractivity contribution in [3.63, 3.8) is 0 Å². The molecule has 2 unspecified atom stereocenters. The molecule has 14 nitrogen and oxygen atoms in total. The maximum absolute atomic E-state index is 12.3. The van der Waals surface area contributed by atoms with Gasteiger partial charge in [0.1, 0.15) is 18.5 Å². The molecule has 0 saturated heterocycles. The largest absolute Gasteiger partial charge is 0.481 e. The number of unbranched alkanes of at least 4 members (excludes halogenated alkanes) is 9. The van der Waals surface area contributed by atoms with Crippen molar-refractivity contribution < 1.29 is 67.8 Å². The van der Waals surface area contributed by atoms with Crippen molar-refractivity contribution in [2.24, 2.45) is 0 Å². The van der Waals surface area contributed by atoms with E-state index in [1.807, 2.05) is 0 Å². The molecule has 246 valence electrons. The zero-order valence-corrected chi connectivity index (χ0v) is 24.6. The summed E-state index contributed by atoms with van der Waals surface area (Å²) < 4.78 is 20.3. The van der Waals surface area contributed by atoms with Crippen LogP contribution in [-0.2, 0) is 52.5 Å². The van der Waals surface area contributed by atoms with Gasteiger partial charge in [-0.25, -0.2) is 24.0 Å². The number of carbonyl (C=O) groups is 7. The van der Waals surface area contributed by atoms with E-state index in [1.54, 1.807) is 0 Å². The summed E-state index contributed by atoms with van der Waals surface area (Å²) in [5, 5.41) is 26.1. The predicted octanol–water partition coefficient (Wildman–Crippen LogP) is 3.87. The molecule has 0 saturated carbocycles. The van der Waals surface area contributed by atoms with Crippen LogP contribution in [0, 0.1) is 0 Å². The Morgan fingerprint density at radius 1 is 0.545 bits per heavy atom. The van der Waals surface area contributed by atoms with Gasteiger partial charge in [0, 0.05) is 30.7 Å². The molecule has 0 aromatic carbocycles. The summed E-state index contributed by atoms with van der Waals surface area (Å²) >= 11 is 0. The normalized spacial score (nSPS) is 12.5. The van der Waals surface area contributed by atoms with E-state index in [-0.39, 0.29) is 19.5 Å². The fourth-order valence-corrected chi connectivity index (χ4v) is 3.95. The highest BCUT2D eigenvalue weighted by Crippen LogP contribution is 2.21. The second kappa shape index (κ2) is 26.2. The van der Waals surface area contributed by atoms with Crippen LogP contribution < -0.4 is 0 Å². The number of hydrogen-bond acceptors (Lipinski definition) is 11. The van der Waals surface area contributed by atoms with Crippen LogP contribution in [0.2, 0.25) is 0 Å². The molecule has 0 aromatic rings. The summed E-state index contributed by atoms with van der Waals surface area (Å²) in [5.74, 6) is -5.92. The molecule has 0 aromatic heterocycles. The van der Waals surface area contributed by atoms with E-state index < -0.39 is 48.0 Å². The molecule has 0 aliphatic carbocycles. The van der Waals surface area contributed by atoms with Gasteiger partial charge in [0.2, 0.25) is 0 Å². The minimum Gasteiger partial charge on any atom is -0.481 e. The van der Waals surface area contributed by atoms with Crippen molar-refractivity contribution in [1.29, 1.82) is 0 Å². The van der Waals surface area contributed by atoms with Crippen LogP contribution in [0.1, 0.15) is 89.9 Å². The van der Waals surface area contributed by atoms with E-state index in [0.717, 1.165) is 56.6 Å². The lowest BCUT2D eigenvalue weighted by Crippen LogP contribution is -2.35. The number of carboxylic acid groups (broad SMARTS) is 3.